The van der Waals surface area contributed by atoms with Gasteiger partial charge in [0.25, 0.3) is 0 Å². The first-order chi connectivity index (χ1) is 11.5. The van der Waals surface area contributed by atoms with E-state index in [1.807, 2.05) is 0 Å². The van der Waals surface area contributed by atoms with Crippen LogP contribution < -0.4 is 16.0 Å². The standard InChI is InChI=1S/C16H28N6O2/c1-12(22-10-13(2)24-14(3)11-22)8-21-16(23)20-7-6-19-15-9-17-4-5-18-15/h4-5,9,12-14H,6-8,10-11H2,1-3H3,(H,18,19)(H2,20,21,23)/t12-,13-,14+/m0/s1. The lowest BCUT2D eigenvalue weighted by Crippen LogP contribution is -2.53. The summed E-state index contributed by atoms with van der Waals surface area (Å²) in [5.41, 5.74) is 0. The Morgan fingerprint density at radius 2 is 2.04 bits per heavy atom. The van der Waals surface area contributed by atoms with Crippen molar-refractivity contribution in [2.75, 3.05) is 38.0 Å². The van der Waals surface area contributed by atoms with E-state index in [-0.39, 0.29) is 24.3 Å². The molecule has 1 saturated heterocycles. The number of carbonyl (C=O) groups excluding carboxylic acids is 1. The molecular weight excluding hydrogens is 308 g/mol. The van der Waals surface area contributed by atoms with Gasteiger partial charge in [0.1, 0.15) is 5.82 Å². The number of aromatic nitrogens is 2. The lowest BCUT2D eigenvalue weighted by Gasteiger charge is -2.38. The van der Waals surface area contributed by atoms with Crippen molar-refractivity contribution >= 4 is 11.8 Å². The molecule has 2 heterocycles. The van der Waals surface area contributed by atoms with E-state index in [0.29, 0.717) is 25.5 Å². The number of morpholine rings is 1. The summed E-state index contributed by atoms with van der Waals surface area (Å²) in [5.74, 6) is 0.698. The second-order valence-electron chi connectivity index (χ2n) is 6.21. The SMILES string of the molecule is C[C@@H]1CN([C@@H](C)CNC(=O)NCCNc2cnccn2)C[C@H](C)O1. The predicted octanol–water partition coefficient (Wildman–Crippen LogP) is 0.685. The van der Waals surface area contributed by atoms with Crippen molar-refractivity contribution in [1.29, 1.82) is 0 Å². The lowest BCUT2D eigenvalue weighted by atomic mass is 10.2. The molecule has 1 aliphatic rings. The molecule has 1 aromatic rings. The molecule has 2 rings (SSSR count). The van der Waals surface area contributed by atoms with Gasteiger partial charge >= 0.3 is 6.03 Å². The monoisotopic (exact) mass is 336 g/mol. The van der Waals surface area contributed by atoms with Crippen LogP contribution in [0.25, 0.3) is 0 Å². The van der Waals surface area contributed by atoms with Crippen LogP contribution in [0.4, 0.5) is 10.6 Å². The molecule has 0 saturated carbocycles. The minimum absolute atomic E-state index is 0.155. The van der Waals surface area contributed by atoms with Gasteiger partial charge in [-0.15, -0.1) is 0 Å². The highest BCUT2D eigenvalue weighted by Crippen LogP contribution is 2.13. The molecule has 24 heavy (non-hydrogen) atoms. The third-order valence-corrected chi connectivity index (χ3v) is 3.91. The molecule has 1 fully saturated rings. The fraction of sp³-hybridized carbons (Fsp3) is 0.688. The van der Waals surface area contributed by atoms with Gasteiger partial charge in [0.15, 0.2) is 0 Å². The van der Waals surface area contributed by atoms with Crippen molar-refractivity contribution in [2.45, 2.75) is 39.0 Å². The van der Waals surface area contributed by atoms with Crippen LogP contribution in [-0.2, 0) is 4.74 Å². The van der Waals surface area contributed by atoms with E-state index in [0.717, 1.165) is 13.1 Å². The Morgan fingerprint density at radius 3 is 2.71 bits per heavy atom. The van der Waals surface area contributed by atoms with Gasteiger partial charge in [0, 0.05) is 51.2 Å². The van der Waals surface area contributed by atoms with Crippen molar-refractivity contribution < 1.29 is 9.53 Å². The maximum Gasteiger partial charge on any atom is 0.314 e. The summed E-state index contributed by atoms with van der Waals surface area (Å²) in [4.78, 5) is 22.3. The normalized spacial score (nSPS) is 22.6. The summed E-state index contributed by atoms with van der Waals surface area (Å²) in [6, 6.07) is 0.124. The summed E-state index contributed by atoms with van der Waals surface area (Å²) >= 11 is 0. The van der Waals surface area contributed by atoms with Crippen LogP contribution in [0.1, 0.15) is 20.8 Å². The topological polar surface area (TPSA) is 91.4 Å². The minimum atomic E-state index is -0.155. The first-order valence-corrected chi connectivity index (χ1v) is 8.45. The van der Waals surface area contributed by atoms with E-state index in [1.165, 1.54) is 0 Å². The molecule has 0 aliphatic carbocycles. The third kappa shape index (κ3) is 6.29. The zero-order chi connectivity index (χ0) is 17.4. The van der Waals surface area contributed by atoms with Gasteiger partial charge in [-0.2, -0.15) is 0 Å². The lowest BCUT2D eigenvalue weighted by molar-refractivity contribution is -0.0778. The van der Waals surface area contributed by atoms with E-state index in [2.05, 4.69) is 51.6 Å². The zero-order valence-corrected chi connectivity index (χ0v) is 14.7. The summed E-state index contributed by atoms with van der Waals surface area (Å²) < 4.78 is 5.74. The number of amides is 2. The van der Waals surface area contributed by atoms with E-state index in [1.54, 1.807) is 18.6 Å². The molecule has 0 unspecified atom stereocenters. The number of hydrogen-bond acceptors (Lipinski definition) is 6. The first kappa shape index (κ1) is 18.4. The van der Waals surface area contributed by atoms with Gasteiger partial charge in [-0.25, -0.2) is 9.78 Å². The van der Waals surface area contributed by atoms with E-state index in [4.69, 9.17) is 4.74 Å². The van der Waals surface area contributed by atoms with E-state index in [9.17, 15) is 4.79 Å². The third-order valence-electron chi connectivity index (χ3n) is 3.91. The van der Waals surface area contributed by atoms with Crippen LogP contribution >= 0.6 is 0 Å². The number of ether oxygens (including phenoxy) is 1. The summed E-state index contributed by atoms with van der Waals surface area (Å²) in [6.45, 7) is 9.82. The van der Waals surface area contributed by atoms with Gasteiger partial charge in [0.2, 0.25) is 0 Å². The number of hydrogen-bond donors (Lipinski definition) is 3. The maximum atomic E-state index is 11.8. The highest BCUT2D eigenvalue weighted by atomic mass is 16.5. The average Bonchev–Trinajstić information content (AvgIpc) is 2.56. The summed E-state index contributed by atoms with van der Waals surface area (Å²) in [5, 5.41) is 8.83. The second-order valence-corrected chi connectivity index (χ2v) is 6.21. The number of carbonyl (C=O) groups is 1. The molecule has 1 aliphatic heterocycles. The Labute approximate surface area is 143 Å². The van der Waals surface area contributed by atoms with Crippen molar-refractivity contribution in [3.8, 4) is 0 Å². The smallest absolute Gasteiger partial charge is 0.314 e. The molecule has 0 bridgehead atoms. The predicted molar refractivity (Wildman–Crippen MR) is 93.0 cm³/mol. The van der Waals surface area contributed by atoms with Crippen LogP contribution in [0.15, 0.2) is 18.6 Å². The largest absolute Gasteiger partial charge is 0.373 e. The first-order valence-electron chi connectivity index (χ1n) is 8.45. The minimum Gasteiger partial charge on any atom is -0.373 e. The van der Waals surface area contributed by atoms with Gasteiger partial charge in [-0.3, -0.25) is 9.88 Å². The molecule has 0 spiro atoms. The summed E-state index contributed by atoms with van der Waals surface area (Å²) in [7, 11) is 0. The van der Waals surface area contributed by atoms with Gasteiger partial charge in [-0.1, -0.05) is 0 Å². The Bertz CT molecular complexity index is 491. The zero-order valence-electron chi connectivity index (χ0n) is 14.7. The van der Waals surface area contributed by atoms with Crippen LogP contribution in [0.2, 0.25) is 0 Å². The van der Waals surface area contributed by atoms with Gasteiger partial charge in [-0.05, 0) is 20.8 Å². The van der Waals surface area contributed by atoms with Crippen LogP contribution in [-0.4, -0.2) is 71.9 Å². The van der Waals surface area contributed by atoms with Crippen LogP contribution in [0.5, 0.6) is 0 Å². The Balaban J connectivity index is 1.58. The molecule has 0 aromatic carbocycles. The quantitative estimate of drug-likeness (QED) is 0.635. The molecule has 1 aromatic heterocycles. The fourth-order valence-electron chi connectivity index (χ4n) is 2.77. The van der Waals surface area contributed by atoms with Crippen molar-refractivity contribution in [3.63, 3.8) is 0 Å². The average molecular weight is 336 g/mol. The highest BCUT2D eigenvalue weighted by molar-refractivity contribution is 5.73. The van der Waals surface area contributed by atoms with Crippen molar-refractivity contribution in [1.82, 2.24) is 25.5 Å². The molecule has 2 amide bonds. The number of urea groups is 1. The second kappa shape index (κ2) is 9.39. The van der Waals surface area contributed by atoms with E-state index >= 15 is 0 Å². The van der Waals surface area contributed by atoms with Crippen LogP contribution in [0, 0.1) is 0 Å². The number of rotatable bonds is 7. The maximum absolute atomic E-state index is 11.8. The van der Waals surface area contributed by atoms with Crippen molar-refractivity contribution in [2.24, 2.45) is 0 Å². The van der Waals surface area contributed by atoms with E-state index < -0.39 is 0 Å². The Morgan fingerprint density at radius 1 is 1.29 bits per heavy atom. The molecule has 8 nitrogen and oxygen atoms in total. The molecule has 134 valence electrons. The van der Waals surface area contributed by atoms with Crippen molar-refractivity contribution in [3.05, 3.63) is 18.6 Å². The Kier molecular flexibility index (Phi) is 7.20. The molecule has 3 atom stereocenters. The van der Waals surface area contributed by atoms with Gasteiger partial charge in [0.05, 0.1) is 18.4 Å². The highest BCUT2D eigenvalue weighted by Gasteiger charge is 2.25. The van der Waals surface area contributed by atoms with Gasteiger partial charge < -0.3 is 20.7 Å². The fourth-order valence-corrected chi connectivity index (χ4v) is 2.77. The number of nitrogens with zero attached hydrogens (tertiary/aromatic N) is 3. The Hall–Kier alpha value is -1.93. The molecular formula is C16H28N6O2. The molecule has 3 N–H and O–H groups in total. The summed E-state index contributed by atoms with van der Waals surface area (Å²) in [6.07, 6.45) is 5.35. The molecule has 0 radical (unpaired) electrons. The van der Waals surface area contributed by atoms with Crippen LogP contribution in [0.3, 0.4) is 0 Å². The number of anilines is 1. The molecule has 8 heteroatoms. The number of nitrogens with one attached hydrogen (secondary N) is 3.